The number of morpholine rings is 1. The third-order valence-corrected chi connectivity index (χ3v) is 5.96. The van der Waals surface area contributed by atoms with Gasteiger partial charge in [-0.25, -0.2) is 17.2 Å². The summed E-state index contributed by atoms with van der Waals surface area (Å²) < 4.78 is 58.1. The molecular formula is C17H17F2N3O3S2. The summed E-state index contributed by atoms with van der Waals surface area (Å²) in [6.07, 6.45) is 0. The summed E-state index contributed by atoms with van der Waals surface area (Å²) >= 11 is 5.11. The summed E-state index contributed by atoms with van der Waals surface area (Å²) in [6, 6.07) is 9.04. The van der Waals surface area contributed by atoms with E-state index < -0.39 is 21.7 Å². The first-order chi connectivity index (χ1) is 12.8. The zero-order chi connectivity index (χ0) is 19.4. The Labute approximate surface area is 161 Å². The van der Waals surface area contributed by atoms with Gasteiger partial charge in [0.2, 0.25) is 10.0 Å². The van der Waals surface area contributed by atoms with Gasteiger partial charge in [0.15, 0.2) is 5.11 Å². The highest BCUT2D eigenvalue weighted by Crippen LogP contribution is 2.20. The van der Waals surface area contributed by atoms with Crippen LogP contribution in [0.25, 0.3) is 0 Å². The van der Waals surface area contributed by atoms with Gasteiger partial charge in [0, 0.05) is 30.5 Å². The number of nitrogens with zero attached hydrogens (tertiary/aromatic N) is 1. The molecule has 1 fully saturated rings. The minimum Gasteiger partial charge on any atom is -0.379 e. The van der Waals surface area contributed by atoms with Gasteiger partial charge >= 0.3 is 0 Å². The quantitative estimate of drug-likeness (QED) is 0.752. The number of nitrogens with one attached hydrogen (secondary N) is 2. The van der Waals surface area contributed by atoms with Crippen LogP contribution >= 0.6 is 12.2 Å². The number of sulfonamides is 1. The first kappa shape index (κ1) is 19.6. The van der Waals surface area contributed by atoms with Crippen LogP contribution in [0.5, 0.6) is 0 Å². The number of rotatable bonds is 4. The molecule has 0 spiro atoms. The van der Waals surface area contributed by atoms with Crippen molar-refractivity contribution in [1.82, 2.24) is 4.31 Å². The molecule has 144 valence electrons. The molecule has 2 N–H and O–H groups in total. The molecule has 0 saturated carbocycles. The minimum absolute atomic E-state index is 0.115. The minimum atomic E-state index is -3.57. The highest BCUT2D eigenvalue weighted by atomic mass is 32.2. The Bertz CT molecular complexity index is 911. The molecule has 2 aromatic rings. The Morgan fingerprint density at radius 2 is 1.52 bits per heavy atom. The molecule has 27 heavy (non-hydrogen) atoms. The number of halogens is 2. The van der Waals surface area contributed by atoms with E-state index in [1.165, 1.54) is 16.4 Å². The van der Waals surface area contributed by atoms with E-state index in [4.69, 9.17) is 17.0 Å². The maximum atomic E-state index is 13.2. The van der Waals surface area contributed by atoms with Crippen molar-refractivity contribution in [1.29, 1.82) is 0 Å². The zero-order valence-electron chi connectivity index (χ0n) is 14.1. The first-order valence-electron chi connectivity index (χ1n) is 8.07. The SMILES string of the molecule is O=S(=O)(c1ccc(NC(=S)Nc2cc(F)cc(F)c2)cc1)N1CCOCC1. The Balaban J connectivity index is 1.65. The number of hydrogen-bond acceptors (Lipinski definition) is 4. The lowest BCUT2D eigenvalue weighted by atomic mass is 10.3. The predicted octanol–water partition coefficient (Wildman–Crippen LogP) is 2.79. The number of hydrogen-bond donors (Lipinski definition) is 2. The van der Waals surface area contributed by atoms with E-state index in [1.54, 1.807) is 12.1 Å². The average molecular weight is 413 g/mol. The monoisotopic (exact) mass is 413 g/mol. The molecule has 0 unspecified atom stereocenters. The van der Waals surface area contributed by atoms with Crippen LogP contribution < -0.4 is 10.6 Å². The van der Waals surface area contributed by atoms with Crippen molar-refractivity contribution < 1.29 is 21.9 Å². The van der Waals surface area contributed by atoms with Crippen LogP contribution in [0.3, 0.4) is 0 Å². The van der Waals surface area contributed by atoms with E-state index in [-0.39, 0.29) is 15.7 Å². The van der Waals surface area contributed by atoms with Crippen molar-refractivity contribution in [2.75, 3.05) is 36.9 Å². The molecule has 0 atom stereocenters. The smallest absolute Gasteiger partial charge is 0.243 e. The molecule has 0 aliphatic carbocycles. The van der Waals surface area contributed by atoms with Crippen LogP contribution in [-0.2, 0) is 14.8 Å². The second kappa shape index (κ2) is 8.26. The molecule has 0 bridgehead atoms. The Hall–Kier alpha value is -2.14. The second-order valence-corrected chi connectivity index (χ2v) is 8.12. The highest BCUT2D eigenvalue weighted by Gasteiger charge is 2.26. The Morgan fingerprint density at radius 1 is 0.963 bits per heavy atom. The number of anilines is 2. The molecule has 0 aromatic heterocycles. The number of ether oxygens (including phenoxy) is 1. The summed E-state index contributed by atoms with van der Waals surface area (Å²) in [6.45, 7) is 1.39. The normalized spacial score (nSPS) is 15.3. The van der Waals surface area contributed by atoms with E-state index in [9.17, 15) is 17.2 Å². The fraction of sp³-hybridized carbons (Fsp3) is 0.235. The first-order valence-corrected chi connectivity index (χ1v) is 9.91. The maximum absolute atomic E-state index is 13.2. The summed E-state index contributed by atoms with van der Waals surface area (Å²) in [5.41, 5.74) is 0.696. The van der Waals surface area contributed by atoms with Crippen molar-refractivity contribution >= 4 is 38.7 Å². The van der Waals surface area contributed by atoms with E-state index in [0.717, 1.165) is 18.2 Å². The predicted molar refractivity (Wildman–Crippen MR) is 102 cm³/mol. The van der Waals surface area contributed by atoms with Gasteiger partial charge in [-0.05, 0) is 48.6 Å². The Morgan fingerprint density at radius 3 is 2.11 bits per heavy atom. The zero-order valence-corrected chi connectivity index (χ0v) is 15.7. The fourth-order valence-electron chi connectivity index (χ4n) is 2.57. The van der Waals surface area contributed by atoms with Gasteiger partial charge in [-0.3, -0.25) is 0 Å². The third-order valence-electron chi connectivity index (χ3n) is 3.84. The molecule has 1 heterocycles. The van der Waals surface area contributed by atoms with Crippen LogP contribution in [0.2, 0.25) is 0 Å². The maximum Gasteiger partial charge on any atom is 0.243 e. The van der Waals surface area contributed by atoms with Crippen LogP contribution in [0.15, 0.2) is 47.4 Å². The van der Waals surface area contributed by atoms with E-state index in [2.05, 4.69) is 10.6 Å². The largest absolute Gasteiger partial charge is 0.379 e. The molecule has 0 radical (unpaired) electrons. The molecule has 1 saturated heterocycles. The van der Waals surface area contributed by atoms with Crippen LogP contribution in [0.4, 0.5) is 20.2 Å². The van der Waals surface area contributed by atoms with Crippen molar-refractivity contribution in [3.8, 4) is 0 Å². The molecule has 1 aliphatic heterocycles. The van der Waals surface area contributed by atoms with Gasteiger partial charge < -0.3 is 15.4 Å². The average Bonchev–Trinajstić information content (AvgIpc) is 2.62. The summed E-state index contributed by atoms with van der Waals surface area (Å²) in [7, 11) is -3.57. The molecule has 1 aliphatic rings. The van der Waals surface area contributed by atoms with Gasteiger partial charge in [0.25, 0.3) is 0 Å². The van der Waals surface area contributed by atoms with E-state index in [0.29, 0.717) is 32.0 Å². The molecule has 2 aromatic carbocycles. The molecule has 10 heteroatoms. The molecular weight excluding hydrogens is 396 g/mol. The number of thiocarbonyl (C=S) groups is 1. The lowest BCUT2D eigenvalue weighted by Crippen LogP contribution is -2.40. The third kappa shape index (κ3) is 4.98. The topological polar surface area (TPSA) is 70.7 Å². The summed E-state index contributed by atoms with van der Waals surface area (Å²) in [5.74, 6) is -1.45. The number of benzene rings is 2. The lowest BCUT2D eigenvalue weighted by molar-refractivity contribution is 0.0730. The van der Waals surface area contributed by atoms with Crippen LogP contribution in [0.1, 0.15) is 0 Å². The van der Waals surface area contributed by atoms with Gasteiger partial charge in [-0.15, -0.1) is 0 Å². The molecule has 6 nitrogen and oxygen atoms in total. The van der Waals surface area contributed by atoms with Gasteiger partial charge in [-0.2, -0.15) is 4.31 Å². The second-order valence-electron chi connectivity index (χ2n) is 5.78. The lowest BCUT2D eigenvalue weighted by Gasteiger charge is -2.26. The van der Waals surface area contributed by atoms with Crippen LogP contribution in [-0.4, -0.2) is 44.1 Å². The van der Waals surface area contributed by atoms with Crippen molar-refractivity contribution in [3.05, 3.63) is 54.1 Å². The summed E-state index contributed by atoms with van der Waals surface area (Å²) in [5, 5.41) is 5.62. The van der Waals surface area contributed by atoms with E-state index >= 15 is 0 Å². The van der Waals surface area contributed by atoms with Crippen molar-refractivity contribution in [2.45, 2.75) is 4.90 Å². The highest BCUT2D eigenvalue weighted by molar-refractivity contribution is 7.89. The summed E-state index contributed by atoms with van der Waals surface area (Å²) in [4.78, 5) is 0.168. The Kier molecular flexibility index (Phi) is 6.00. The van der Waals surface area contributed by atoms with Gasteiger partial charge in [0.1, 0.15) is 11.6 Å². The van der Waals surface area contributed by atoms with E-state index in [1.807, 2.05) is 0 Å². The van der Waals surface area contributed by atoms with Crippen molar-refractivity contribution in [3.63, 3.8) is 0 Å². The molecule has 3 rings (SSSR count). The fourth-order valence-corrected chi connectivity index (χ4v) is 4.21. The standard InChI is InChI=1S/C17H17F2N3O3S2/c18-12-9-13(19)11-15(10-12)21-17(26)20-14-1-3-16(4-2-14)27(23,24)22-5-7-25-8-6-22/h1-4,9-11H,5-8H2,(H2,20,21,26). The van der Waals surface area contributed by atoms with Gasteiger partial charge in [-0.1, -0.05) is 0 Å². The molecule has 0 amide bonds. The van der Waals surface area contributed by atoms with Crippen LogP contribution in [0, 0.1) is 11.6 Å². The van der Waals surface area contributed by atoms with Gasteiger partial charge in [0.05, 0.1) is 18.1 Å². The van der Waals surface area contributed by atoms with Crippen molar-refractivity contribution in [2.24, 2.45) is 0 Å².